The van der Waals surface area contributed by atoms with Gasteiger partial charge in [-0.2, -0.15) is 0 Å². The summed E-state index contributed by atoms with van der Waals surface area (Å²) >= 11 is 7.17. The van der Waals surface area contributed by atoms with Crippen molar-refractivity contribution in [2.24, 2.45) is 12.8 Å². The maximum absolute atomic E-state index is 12.1. The molecule has 0 saturated heterocycles. The third-order valence-corrected chi connectivity index (χ3v) is 4.57. The molecule has 0 aliphatic rings. The number of nitrogens with one attached hydrogen (secondary N) is 1. The lowest BCUT2D eigenvalue weighted by molar-refractivity contribution is -0.118. The number of anilines is 1. The van der Waals surface area contributed by atoms with Crippen molar-refractivity contribution in [3.63, 3.8) is 0 Å². The highest BCUT2D eigenvalue weighted by Gasteiger charge is 2.12. The number of amides is 2. The van der Waals surface area contributed by atoms with Gasteiger partial charge >= 0.3 is 0 Å². The van der Waals surface area contributed by atoms with Gasteiger partial charge in [-0.3, -0.25) is 9.59 Å². The van der Waals surface area contributed by atoms with E-state index < -0.39 is 0 Å². The lowest BCUT2D eigenvalue weighted by Gasteiger charge is -2.08. The Bertz CT molecular complexity index is 762. The quantitative estimate of drug-likeness (QED) is 0.728. The van der Waals surface area contributed by atoms with Gasteiger partial charge in [0.25, 0.3) is 0 Å². The van der Waals surface area contributed by atoms with Gasteiger partial charge in [0.05, 0.1) is 5.75 Å². The van der Waals surface area contributed by atoms with Gasteiger partial charge < -0.3 is 15.6 Å². The Hall–Kier alpha value is -2.06. The Balaban J connectivity index is 1.91. The number of nitrogens with two attached hydrogens (primary N) is 1. The fourth-order valence-corrected chi connectivity index (χ4v) is 2.96. The van der Waals surface area contributed by atoms with Crippen LogP contribution in [0.25, 0.3) is 0 Å². The van der Waals surface area contributed by atoms with Crippen molar-refractivity contribution in [3.8, 4) is 0 Å². The monoisotopic (exact) mass is 367 g/mol. The summed E-state index contributed by atoms with van der Waals surface area (Å²) in [4.78, 5) is 22.9. The molecule has 24 heavy (non-hydrogen) atoms. The van der Waals surface area contributed by atoms with Crippen LogP contribution >= 0.6 is 23.4 Å². The number of aryl methyl sites for hydroxylation is 2. The second-order valence-corrected chi connectivity index (χ2v) is 6.60. The molecular weight excluding hydrogens is 350 g/mol. The number of primary amides is 1. The number of carbonyl (C=O) groups excluding carboxylic acids is 2. The molecule has 7 nitrogen and oxygen atoms in total. The van der Waals surface area contributed by atoms with Crippen molar-refractivity contribution in [1.29, 1.82) is 0 Å². The second-order valence-electron chi connectivity index (χ2n) is 5.22. The number of carbonyl (C=O) groups is 2. The average molecular weight is 368 g/mol. The zero-order chi connectivity index (χ0) is 17.7. The van der Waals surface area contributed by atoms with Crippen LogP contribution in [0, 0.1) is 6.92 Å². The minimum atomic E-state index is -0.384. The number of hydrogen-bond acceptors (Lipinski definition) is 5. The minimum Gasteiger partial charge on any atom is -0.370 e. The third kappa shape index (κ3) is 4.97. The summed E-state index contributed by atoms with van der Waals surface area (Å²) < 4.78 is 1.76. The van der Waals surface area contributed by atoms with Crippen LogP contribution in [0.15, 0.2) is 23.4 Å². The first-order valence-corrected chi connectivity index (χ1v) is 8.58. The highest BCUT2D eigenvalue weighted by atomic mass is 35.5. The van der Waals surface area contributed by atoms with Crippen LogP contribution in [0.3, 0.4) is 0 Å². The number of benzene rings is 1. The lowest BCUT2D eigenvalue weighted by Crippen LogP contribution is -2.15. The number of halogens is 1. The van der Waals surface area contributed by atoms with Crippen LogP contribution in [-0.4, -0.2) is 32.3 Å². The van der Waals surface area contributed by atoms with E-state index in [4.69, 9.17) is 17.3 Å². The molecule has 0 unspecified atom stereocenters. The van der Waals surface area contributed by atoms with E-state index in [0.29, 0.717) is 22.4 Å². The molecule has 2 aromatic rings. The fourth-order valence-electron chi connectivity index (χ4n) is 2.01. The van der Waals surface area contributed by atoms with E-state index in [2.05, 4.69) is 15.5 Å². The summed E-state index contributed by atoms with van der Waals surface area (Å²) in [5.41, 5.74) is 6.75. The zero-order valence-corrected chi connectivity index (χ0v) is 14.9. The van der Waals surface area contributed by atoms with E-state index in [1.807, 2.05) is 6.92 Å². The highest BCUT2D eigenvalue weighted by molar-refractivity contribution is 7.99. The molecule has 0 atom stereocenters. The third-order valence-electron chi connectivity index (χ3n) is 3.31. The summed E-state index contributed by atoms with van der Waals surface area (Å²) in [7, 11) is 1.79. The second kappa shape index (κ2) is 8.16. The summed E-state index contributed by atoms with van der Waals surface area (Å²) in [5, 5.41) is 12.1. The maximum atomic E-state index is 12.1. The van der Waals surface area contributed by atoms with E-state index in [9.17, 15) is 9.59 Å². The molecule has 1 heterocycles. The molecule has 9 heteroatoms. The standard InChI is InChI=1S/C15H18ClN5O2S/c1-9-7-10(16)3-4-11(9)18-14(23)8-24-15-20-19-13(21(15)2)6-5-12(17)22/h3-4,7H,5-6,8H2,1-2H3,(H2,17,22)(H,18,23). The normalized spacial score (nSPS) is 10.6. The van der Waals surface area contributed by atoms with E-state index in [1.165, 1.54) is 11.8 Å². The van der Waals surface area contributed by atoms with Gasteiger partial charge in [0.2, 0.25) is 11.8 Å². The lowest BCUT2D eigenvalue weighted by atomic mass is 10.2. The SMILES string of the molecule is Cc1cc(Cl)ccc1NC(=O)CSc1nnc(CCC(N)=O)n1C. The number of thioether (sulfide) groups is 1. The van der Waals surface area contributed by atoms with Crippen molar-refractivity contribution >= 4 is 40.9 Å². The molecular formula is C15H18ClN5O2S. The summed E-state index contributed by atoms with van der Waals surface area (Å²) in [5.74, 6) is 0.325. The van der Waals surface area contributed by atoms with Crippen LogP contribution in [0.2, 0.25) is 5.02 Å². The van der Waals surface area contributed by atoms with Gasteiger partial charge in [0, 0.05) is 30.6 Å². The van der Waals surface area contributed by atoms with Crippen molar-refractivity contribution in [3.05, 3.63) is 34.6 Å². The molecule has 128 valence electrons. The molecule has 0 bridgehead atoms. The van der Waals surface area contributed by atoms with Gasteiger partial charge in [-0.1, -0.05) is 23.4 Å². The van der Waals surface area contributed by atoms with Gasteiger partial charge in [-0.05, 0) is 30.7 Å². The Morgan fingerprint density at radius 2 is 2.12 bits per heavy atom. The predicted molar refractivity (Wildman–Crippen MR) is 94.1 cm³/mol. The van der Waals surface area contributed by atoms with Crippen molar-refractivity contribution in [2.75, 3.05) is 11.1 Å². The molecule has 0 radical (unpaired) electrons. The first kappa shape index (κ1) is 18.3. The molecule has 1 aromatic carbocycles. The molecule has 0 aliphatic carbocycles. The topological polar surface area (TPSA) is 103 Å². The molecule has 0 saturated carbocycles. The highest BCUT2D eigenvalue weighted by Crippen LogP contribution is 2.21. The molecule has 2 rings (SSSR count). The van der Waals surface area contributed by atoms with E-state index in [1.54, 1.807) is 29.8 Å². The number of hydrogen-bond donors (Lipinski definition) is 2. The van der Waals surface area contributed by atoms with Crippen molar-refractivity contribution in [1.82, 2.24) is 14.8 Å². The number of aromatic nitrogens is 3. The first-order valence-electron chi connectivity index (χ1n) is 7.22. The summed E-state index contributed by atoms with van der Waals surface area (Å²) in [6.45, 7) is 1.88. The van der Waals surface area contributed by atoms with E-state index in [-0.39, 0.29) is 24.0 Å². The largest absolute Gasteiger partial charge is 0.370 e. The summed E-state index contributed by atoms with van der Waals surface area (Å²) in [6, 6.07) is 5.29. The first-order chi connectivity index (χ1) is 11.4. The minimum absolute atomic E-state index is 0.146. The Morgan fingerprint density at radius 1 is 1.38 bits per heavy atom. The Kier molecular flexibility index (Phi) is 6.22. The number of nitrogens with zero attached hydrogens (tertiary/aromatic N) is 3. The van der Waals surface area contributed by atoms with Crippen LogP contribution in [0.1, 0.15) is 17.8 Å². The molecule has 2 amide bonds. The number of rotatable bonds is 7. The Morgan fingerprint density at radius 3 is 2.79 bits per heavy atom. The van der Waals surface area contributed by atoms with Crippen LogP contribution < -0.4 is 11.1 Å². The van der Waals surface area contributed by atoms with Crippen molar-refractivity contribution in [2.45, 2.75) is 24.9 Å². The Labute approximate surface area is 149 Å². The van der Waals surface area contributed by atoms with Gasteiger partial charge in [-0.15, -0.1) is 10.2 Å². The predicted octanol–water partition coefficient (Wildman–Crippen LogP) is 1.93. The van der Waals surface area contributed by atoms with Crippen LogP contribution in [0.5, 0.6) is 0 Å². The van der Waals surface area contributed by atoms with Crippen molar-refractivity contribution < 1.29 is 9.59 Å². The van der Waals surface area contributed by atoms with Gasteiger partial charge in [0.15, 0.2) is 5.16 Å². The molecule has 3 N–H and O–H groups in total. The zero-order valence-electron chi connectivity index (χ0n) is 13.4. The van der Waals surface area contributed by atoms with Crippen LogP contribution in [0.4, 0.5) is 5.69 Å². The van der Waals surface area contributed by atoms with Gasteiger partial charge in [-0.25, -0.2) is 0 Å². The smallest absolute Gasteiger partial charge is 0.234 e. The van der Waals surface area contributed by atoms with E-state index in [0.717, 1.165) is 11.3 Å². The van der Waals surface area contributed by atoms with Crippen LogP contribution in [-0.2, 0) is 23.1 Å². The fraction of sp³-hybridized carbons (Fsp3) is 0.333. The molecule has 0 fully saturated rings. The molecule has 0 aliphatic heterocycles. The van der Waals surface area contributed by atoms with Gasteiger partial charge in [0.1, 0.15) is 5.82 Å². The summed E-state index contributed by atoms with van der Waals surface area (Å²) in [6.07, 6.45) is 0.641. The maximum Gasteiger partial charge on any atom is 0.234 e. The molecule has 1 aromatic heterocycles. The van der Waals surface area contributed by atoms with E-state index >= 15 is 0 Å². The average Bonchev–Trinajstić information content (AvgIpc) is 2.86. The molecule has 0 spiro atoms.